The summed E-state index contributed by atoms with van der Waals surface area (Å²) in [5, 5.41) is 7.96. The van der Waals surface area contributed by atoms with Gasteiger partial charge < -0.3 is 14.6 Å². The van der Waals surface area contributed by atoms with Crippen LogP contribution >= 0.6 is 0 Å². The zero-order chi connectivity index (χ0) is 25.2. The summed E-state index contributed by atoms with van der Waals surface area (Å²) < 4.78 is 10.8. The van der Waals surface area contributed by atoms with E-state index in [1.807, 2.05) is 93.6 Å². The molecular formula is C29H26N4O3. The molecule has 0 bridgehead atoms. The first-order valence-electron chi connectivity index (χ1n) is 11.7. The molecule has 0 radical (unpaired) electrons. The minimum Gasteiger partial charge on any atom is -0.497 e. The van der Waals surface area contributed by atoms with Crippen LogP contribution < -0.4 is 10.1 Å². The fourth-order valence-corrected chi connectivity index (χ4v) is 4.04. The Balaban J connectivity index is 1.57. The van der Waals surface area contributed by atoms with Crippen LogP contribution in [0.15, 0.2) is 77.3 Å². The number of carbonyl (C=O) groups excluding carboxylic acids is 1. The normalized spacial score (nSPS) is 11.1. The van der Waals surface area contributed by atoms with Crippen molar-refractivity contribution in [1.82, 2.24) is 15.1 Å². The van der Waals surface area contributed by atoms with Gasteiger partial charge in [-0.1, -0.05) is 49.3 Å². The third-order valence-electron chi connectivity index (χ3n) is 6.05. The number of aromatic nitrogens is 3. The van der Waals surface area contributed by atoms with E-state index in [4.69, 9.17) is 14.2 Å². The van der Waals surface area contributed by atoms with E-state index in [1.54, 1.807) is 7.11 Å². The number of rotatable bonds is 6. The van der Waals surface area contributed by atoms with Crippen molar-refractivity contribution >= 4 is 22.5 Å². The Hall–Kier alpha value is -4.52. The highest BCUT2D eigenvalue weighted by atomic mass is 16.5. The fraction of sp³-hybridized carbons (Fsp3) is 0.172. The predicted octanol–water partition coefficient (Wildman–Crippen LogP) is 6.64. The molecule has 180 valence electrons. The van der Waals surface area contributed by atoms with Crippen LogP contribution in [-0.4, -0.2) is 28.1 Å². The van der Waals surface area contributed by atoms with Gasteiger partial charge in [-0.2, -0.15) is 4.98 Å². The lowest BCUT2D eigenvalue weighted by Crippen LogP contribution is -2.15. The minimum absolute atomic E-state index is 0.130. The van der Waals surface area contributed by atoms with Crippen molar-refractivity contribution < 1.29 is 14.1 Å². The van der Waals surface area contributed by atoms with Crippen LogP contribution in [-0.2, 0) is 0 Å². The Kier molecular flexibility index (Phi) is 6.21. The number of pyridine rings is 1. The smallest absolute Gasteiger partial charge is 0.260 e. The third kappa shape index (κ3) is 4.43. The molecule has 0 atom stereocenters. The first kappa shape index (κ1) is 23.2. The maximum absolute atomic E-state index is 13.7. The average Bonchev–Trinajstić information content (AvgIpc) is 3.40. The van der Waals surface area contributed by atoms with E-state index in [-0.39, 0.29) is 11.8 Å². The molecule has 0 aliphatic carbocycles. The van der Waals surface area contributed by atoms with E-state index >= 15 is 0 Å². The van der Waals surface area contributed by atoms with Gasteiger partial charge in [0.05, 0.1) is 35.1 Å². The zero-order valence-electron chi connectivity index (χ0n) is 20.6. The van der Waals surface area contributed by atoms with Gasteiger partial charge in [-0.05, 0) is 55.0 Å². The van der Waals surface area contributed by atoms with Gasteiger partial charge in [-0.25, -0.2) is 4.98 Å². The lowest BCUT2D eigenvalue weighted by molar-refractivity contribution is 0.102. The lowest BCUT2D eigenvalue weighted by Gasteiger charge is -2.14. The number of aryl methyl sites for hydroxylation is 1. The number of nitrogens with one attached hydrogen (secondary N) is 1. The molecule has 1 N–H and O–H groups in total. The van der Waals surface area contributed by atoms with Crippen LogP contribution in [0.1, 0.15) is 41.5 Å². The molecule has 0 fully saturated rings. The number of hydrogen-bond donors (Lipinski definition) is 1. The SMILES string of the molecule is COc1ccc(-c2cc(C(=O)Nc3c(C)cccc3-c3nc(C(C)C)no3)c3ccccc3n2)cc1. The number of benzene rings is 3. The number of anilines is 1. The summed E-state index contributed by atoms with van der Waals surface area (Å²) in [5.74, 6) is 1.63. The molecule has 0 aliphatic heterocycles. The van der Waals surface area contributed by atoms with Crippen LogP contribution in [0.3, 0.4) is 0 Å². The lowest BCUT2D eigenvalue weighted by atomic mass is 10.0. The monoisotopic (exact) mass is 478 g/mol. The highest BCUT2D eigenvalue weighted by Crippen LogP contribution is 2.32. The highest BCUT2D eigenvalue weighted by molar-refractivity contribution is 6.14. The van der Waals surface area contributed by atoms with Gasteiger partial charge >= 0.3 is 0 Å². The summed E-state index contributed by atoms with van der Waals surface area (Å²) in [6.07, 6.45) is 0. The molecule has 36 heavy (non-hydrogen) atoms. The summed E-state index contributed by atoms with van der Waals surface area (Å²) in [6.45, 7) is 5.94. The molecular weight excluding hydrogens is 452 g/mol. The standard InChI is InChI=1S/C29H26N4O3/c1-17(2)27-32-29(36-33-27)22-10-7-8-18(3)26(22)31-28(34)23-16-25(19-12-14-20(35-4)15-13-19)30-24-11-6-5-9-21(23)24/h5-17H,1-4H3,(H,31,34). The van der Waals surface area contributed by atoms with E-state index < -0.39 is 0 Å². The van der Waals surface area contributed by atoms with Gasteiger partial charge in [0.2, 0.25) is 0 Å². The molecule has 0 saturated heterocycles. The van der Waals surface area contributed by atoms with E-state index in [1.165, 1.54) is 0 Å². The number of nitrogens with zero attached hydrogens (tertiary/aromatic N) is 3. The number of methoxy groups -OCH3 is 1. The van der Waals surface area contributed by atoms with Gasteiger partial charge in [0.25, 0.3) is 11.8 Å². The highest BCUT2D eigenvalue weighted by Gasteiger charge is 2.20. The van der Waals surface area contributed by atoms with Crippen molar-refractivity contribution in [2.75, 3.05) is 12.4 Å². The number of fused-ring (bicyclic) bond motifs is 1. The maximum atomic E-state index is 13.7. The minimum atomic E-state index is -0.248. The molecule has 0 saturated carbocycles. The van der Waals surface area contributed by atoms with Crippen molar-refractivity contribution in [2.24, 2.45) is 0 Å². The van der Waals surface area contributed by atoms with Gasteiger partial charge in [0.15, 0.2) is 5.82 Å². The van der Waals surface area contributed by atoms with E-state index in [0.717, 1.165) is 27.8 Å². The van der Waals surface area contributed by atoms with Crippen LogP contribution in [0.2, 0.25) is 0 Å². The molecule has 0 unspecified atom stereocenters. The second kappa shape index (κ2) is 9.62. The zero-order valence-corrected chi connectivity index (χ0v) is 20.6. The van der Waals surface area contributed by atoms with E-state index in [2.05, 4.69) is 15.5 Å². The number of para-hydroxylation sites is 2. The molecule has 7 nitrogen and oxygen atoms in total. The van der Waals surface area contributed by atoms with E-state index in [0.29, 0.717) is 34.2 Å². The molecule has 5 aromatic rings. The fourth-order valence-electron chi connectivity index (χ4n) is 4.04. The molecule has 7 heteroatoms. The number of carbonyl (C=O) groups is 1. The largest absolute Gasteiger partial charge is 0.497 e. The first-order valence-corrected chi connectivity index (χ1v) is 11.7. The Morgan fingerprint density at radius 1 is 0.972 bits per heavy atom. The van der Waals surface area contributed by atoms with Crippen molar-refractivity contribution in [3.8, 4) is 28.5 Å². The van der Waals surface area contributed by atoms with Crippen LogP contribution in [0.5, 0.6) is 5.75 Å². The Morgan fingerprint density at radius 3 is 2.47 bits per heavy atom. The van der Waals surface area contributed by atoms with Crippen molar-refractivity contribution in [3.05, 3.63) is 89.7 Å². The van der Waals surface area contributed by atoms with Gasteiger partial charge in [-0.15, -0.1) is 0 Å². The van der Waals surface area contributed by atoms with Crippen molar-refractivity contribution in [3.63, 3.8) is 0 Å². The van der Waals surface area contributed by atoms with Crippen molar-refractivity contribution in [2.45, 2.75) is 26.7 Å². The second-order valence-electron chi connectivity index (χ2n) is 8.86. The summed E-state index contributed by atoms with van der Waals surface area (Å²) in [5.41, 5.74) is 5.04. The van der Waals surface area contributed by atoms with Crippen LogP contribution in [0.4, 0.5) is 5.69 Å². The number of ether oxygens (including phenoxy) is 1. The summed E-state index contributed by atoms with van der Waals surface area (Å²) >= 11 is 0. The summed E-state index contributed by atoms with van der Waals surface area (Å²) in [7, 11) is 1.63. The van der Waals surface area contributed by atoms with Gasteiger partial charge in [0.1, 0.15) is 5.75 Å². The topological polar surface area (TPSA) is 90.1 Å². The van der Waals surface area contributed by atoms with E-state index in [9.17, 15) is 4.79 Å². The van der Waals surface area contributed by atoms with Crippen molar-refractivity contribution in [1.29, 1.82) is 0 Å². The Morgan fingerprint density at radius 2 is 1.75 bits per heavy atom. The van der Waals surface area contributed by atoms with Gasteiger partial charge in [-0.3, -0.25) is 4.79 Å². The molecule has 2 heterocycles. The first-order chi connectivity index (χ1) is 17.4. The summed E-state index contributed by atoms with van der Waals surface area (Å²) in [4.78, 5) is 23.1. The molecule has 0 aliphatic rings. The average molecular weight is 479 g/mol. The Bertz CT molecular complexity index is 1560. The van der Waals surface area contributed by atoms with Crippen LogP contribution in [0, 0.1) is 6.92 Å². The molecule has 0 spiro atoms. The number of amides is 1. The summed E-state index contributed by atoms with van der Waals surface area (Å²) in [6, 6.07) is 22.8. The predicted molar refractivity (Wildman–Crippen MR) is 140 cm³/mol. The molecule has 2 aromatic heterocycles. The Labute approximate surface area is 209 Å². The second-order valence-corrected chi connectivity index (χ2v) is 8.86. The van der Waals surface area contributed by atoms with Crippen LogP contribution in [0.25, 0.3) is 33.6 Å². The molecule has 5 rings (SSSR count). The number of hydrogen-bond acceptors (Lipinski definition) is 6. The third-order valence-corrected chi connectivity index (χ3v) is 6.05. The molecule has 1 amide bonds. The van der Waals surface area contributed by atoms with Gasteiger partial charge in [0, 0.05) is 16.9 Å². The quantitative estimate of drug-likeness (QED) is 0.294. The molecule has 3 aromatic carbocycles. The maximum Gasteiger partial charge on any atom is 0.260 e.